The van der Waals surface area contributed by atoms with E-state index in [2.05, 4.69) is 22.5 Å². The van der Waals surface area contributed by atoms with Crippen molar-refractivity contribution in [2.75, 3.05) is 0 Å². The van der Waals surface area contributed by atoms with Gasteiger partial charge in [-0.1, -0.05) is 18.7 Å². The van der Waals surface area contributed by atoms with Gasteiger partial charge in [0, 0.05) is 18.5 Å². The lowest BCUT2D eigenvalue weighted by Gasteiger charge is -2.05. The molecule has 2 N–H and O–H groups in total. The number of thioether (sulfide) groups is 1. The van der Waals surface area contributed by atoms with Crippen LogP contribution in [0.1, 0.15) is 39.5 Å². The molecule has 2 aliphatic rings. The van der Waals surface area contributed by atoms with E-state index in [0.717, 1.165) is 19.3 Å². The first-order chi connectivity index (χ1) is 8.58. The molecule has 1 aliphatic heterocycles. The SMILES string of the molecule is CCC(C)N=C1NC(=O)C(CC(=O)NC2CC2)S1. The van der Waals surface area contributed by atoms with Gasteiger partial charge < -0.3 is 10.6 Å². The van der Waals surface area contributed by atoms with Crippen LogP contribution in [0.3, 0.4) is 0 Å². The lowest BCUT2D eigenvalue weighted by molar-refractivity contribution is -0.125. The normalized spacial score (nSPS) is 27.1. The zero-order valence-electron chi connectivity index (χ0n) is 10.7. The van der Waals surface area contributed by atoms with Gasteiger partial charge in [0.2, 0.25) is 11.8 Å². The van der Waals surface area contributed by atoms with E-state index in [1.807, 2.05) is 6.92 Å². The number of amidine groups is 1. The van der Waals surface area contributed by atoms with Crippen molar-refractivity contribution in [2.24, 2.45) is 4.99 Å². The van der Waals surface area contributed by atoms with Crippen molar-refractivity contribution >= 4 is 28.7 Å². The van der Waals surface area contributed by atoms with Gasteiger partial charge in [0.05, 0.1) is 0 Å². The Hall–Kier alpha value is -1.04. The Labute approximate surface area is 111 Å². The summed E-state index contributed by atoms with van der Waals surface area (Å²) in [4.78, 5) is 27.7. The van der Waals surface area contributed by atoms with E-state index in [0.29, 0.717) is 11.2 Å². The van der Waals surface area contributed by atoms with Crippen molar-refractivity contribution in [1.82, 2.24) is 10.6 Å². The molecule has 0 spiro atoms. The summed E-state index contributed by atoms with van der Waals surface area (Å²) in [6.07, 6.45) is 3.31. The van der Waals surface area contributed by atoms with Crippen LogP contribution < -0.4 is 10.6 Å². The summed E-state index contributed by atoms with van der Waals surface area (Å²) in [5.74, 6) is -0.136. The van der Waals surface area contributed by atoms with Gasteiger partial charge in [-0.15, -0.1) is 0 Å². The highest BCUT2D eigenvalue weighted by atomic mass is 32.2. The fraction of sp³-hybridized carbons (Fsp3) is 0.750. The summed E-state index contributed by atoms with van der Waals surface area (Å²) in [5, 5.41) is 5.96. The van der Waals surface area contributed by atoms with Crippen LogP contribution in [0, 0.1) is 0 Å². The zero-order chi connectivity index (χ0) is 13.1. The summed E-state index contributed by atoms with van der Waals surface area (Å²) < 4.78 is 0. The van der Waals surface area contributed by atoms with Crippen LogP contribution in [-0.4, -0.2) is 34.3 Å². The van der Waals surface area contributed by atoms with E-state index >= 15 is 0 Å². The largest absolute Gasteiger partial charge is 0.353 e. The molecule has 0 aromatic heterocycles. The molecule has 0 aromatic rings. The van der Waals surface area contributed by atoms with E-state index in [4.69, 9.17) is 0 Å². The fourth-order valence-electron chi connectivity index (χ4n) is 1.57. The third kappa shape index (κ3) is 3.73. The first-order valence-corrected chi connectivity index (χ1v) is 7.31. The molecule has 2 atom stereocenters. The molecule has 1 heterocycles. The van der Waals surface area contributed by atoms with Crippen LogP contribution in [0.4, 0.5) is 0 Å². The Kier molecular flexibility index (Phi) is 4.27. The molecule has 100 valence electrons. The molecule has 2 amide bonds. The number of hydrogen-bond acceptors (Lipinski definition) is 4. The van der Waals surface area contributed by atoms with E-state index in [-0.39, 0.29) is 29.5 Å². The summed E-state index contributed by atoms with van der Waals surface area (Å²) in [6.45, 7) is 4.06. The predicted molar refractivity (Wildman–Crippen MR) is 72.5 cm³/mol. The third-order valence-corrected chi connectivity index (χ3v) is 4.11. The second kappa shape index (κ2) is 5.73. The minimum Gasteiger partial charge on any atom is -0.353 e. The van der Waals surface area contributed by atoms with Gasteiger partial charge in [-0.2, -0.15) is 0 Å². The molecule has 2 rings (SSSR count). The standard InChI is InChI=1S/C12H19N3O2S/c1-3-7(2)13-12-15-11(17)9(18-12)6-10(16)14-8-4-5-8/h7-9H,3-6H2,1-2H3,(H,14,16)(H,13,15,17). The molecule has 6 heteroatoms. The van der Waals surface area contributed by atoms with Crippen molar-refractivity contribution in [2.45, 2.75) is 56.9 Å². The van der Waals surface area contributed by atoms with E-state index in [1.54, 1.807) is 0 Å². The van der Waals surface area contributed by atoms with E-state index in [1.165, 1.54) is 11.8 Å². The summed E-state index contributed by atoms with van der Waals surface area (Å²) in [6, 6.07) is 0.548. The van der Waals surface area contributed by atoms with Crippen LogP contribution in [0.2, 0.25) is 0 Å². The average molecular weight is 269 g/mol. The highest BCUT2D eigenvalue weighted by molar-refractivity contribution is 8.15. The molecule has 0 aromatic carbocycles. The predicted octanol–water partition coefficient (Wildman–Crippen LogP) is 1.04. The van der Waals surface area contributed by atoms with Crippen molar-refractivity contribution in [1.29, 1.82) is 0 Å². The smallest absolute Gasteiger partial charge is 0.240 e. The third-order valence-electron chi connectivity index (χ3n) is 3.02. The van der Waals surface area contributed by atoms with Crippen LogP contribution in [0.5, 0.6) is 0 Å². The second-order valence-corrected chi connectivity index (χ2v) is 6.02. The molecule has 18 heavy (non-hydrogen) atoms. The van der Waals surface area contributed by atoms with Gasteiger partial charge in [-0.25, -0.2) is 0 Å². The number of nitrogens with one attached hydrogen (secondary N) is 2. The van der Waals surface area contributed by atoms with Crippen molar-refractivity contribution in [3.05, 3.63) is 0 Å². The molecule has 2 unspecified atom stereocenters. The Balaban J connectivity index is 1.84. The maximum absolute atomic E-state index is 11.7. The molecule has 1 saturated heterocycles. The van der Waals surface area contributed by atoms with Gasteiger partial charge in [-0.3, -0.25) is 14.6 Å². The van der Waals surface area contributed by atoms with Crippen LogP contribution >= 0.6 is 11.8 Å². The Morgan fingerprint density at radius 1 is 1.61 bits per heavy atom. The maximum Gasteiger partial charge on any atom is 0.240 e. The average Bonchev–Trinajstić information content (AvgIpc) is 3.05. The van der Waals surface area contributed by atoms with Crippen LogP contribution in [-0.2, 0) is 9.59 Å². The van der Waals surface area contributed by atoms with Gasteiger partial charge in [0.1, 0.15) is 5.25 Å². The molecule has 5 nitrogen and oxygen atoms in total. The molecule has 0 bridgehead atoms. The number of carbonyl (C=O) groups is 2. The maximum atomic E-state index is 11.7. The van der Waals surface area contributed by atoms with E-state index in [9.17, 15) is 9.59 Å². The monoisotopic (exact) mass is 269 g/mol. The van der Waals surface area contributed by atoms with Crippen LogP contribution in [0.25, 0.3) is 0 Å². The number of rotatable bonds is 5. The summed E-state index contributed by atoms with van der Waals surface area (Å²) in [7, 11) is 0. The number of hydrogen-bond donors (Lipinski definition) is 2. The summed E-state index contributed by atoms with van der Waals surface area (Å²) in [5.41, 5.74) is 0. The highest BCUT2D eigenvalue weighted by Crippen LogP contribution is 2.24. The number of nitrogens with zero attached hydrogens (tertiary/aromatic N) is 1. The second-order valence-electron chi connectivity index (χ2n) is 4.83. The number of aliphatic imine (C=N–C) groups is 1. The van der Waals surface area contributed by atoms with Gasteiger partial charge in [-0.05, 0) is 26.2 Å². The van der Waals surface area contributed by atoms with Gasteiger partial charge in [0.15, 0.2) is 5.17 Å². The Morgan fingerprint density at radius 3 is 2.94 bits per heavy atom. The van der Waals surface area contributed by atoms with Crippen molar-refractivity contribution in [3.63, 3.8) is 0 Å². The Bertz CT molecular complexity index is 380. The fourth-order valence-corrected chi connectivity index (χ4v) is 2.65. The zero-order valence-corrected chi connectivity index (χ0v) is 11.5. The van der Waals surface area contributed by atoms with Gasteiger partial charge in [0.25, 0.3) is 0 Å². The minimum absolute atomic E-state index is 0.0325. The first kappa shape index (κ1) is 13.4. The lowest BCUT2D eigenvalue weighted by atomic mass is 10.2. The van der Waals surface area contributed by atoms with Crippen LogP contribution in [0.15, 0.2) is 4.99 Å². The van der Waals surface area contributed by atoms with Gasteiger partial charge >= 0.3 is 0 Å². The van der Waals surface area contributed by atoms with Crippen molar-refractivity contribution < 1.29 is 9.59 Å². The molecule has 2 fully saturated rings. The quantitative estimate of drug-likeness (QED) is 0.783. The highest BCUT2D eigenvalue weighted by Gasteiger charge is 2.33. The Morgan fingerprint density at radius 2 is 2.33 bits per heavy atom. The van der Waals surface area contributed by atoms with Crippen molar-refractivity contribution in [3.8, 4) is 0 Å². The molecule has 0 radical (unpaired) electrons. The molecule has 1 saturated carbocycles. The molecular weight excluding hydrogens is 250 g/mol. The molecular formula is C12H19N3O2S. The summed E-state index contributed by atoms with van der Waals surface area (Å²) >= 11 is 1.37. The lowest BCUT2D eigenvalue weighted by Crippen LogP contribution is -2.32. The number of amides is 2. The topological polar surface area (TPSA) is 70.6 Å². The number of carbonyl (C=O) groups excluding carboxylic acids is 2. The molecule has 1 aliphatic carbocycles. The van der Waals surface area contributed by atoms with E-state index < -0.39 is 0 Å². The first-order valence-electron chi connectivity index (χ1n) is 6.43. The minimum atomic E-state index is -0.327.